The Bertz CT molecular complexity index is 809. The van der Waals surface area contributed by atoms with E-state index in [1.54, 1.807) is 18.2 Å². The molecule has 0 radical (unpaired) electrons. The second-order valence-electron chi connectivity index (χ2n) is 7.42. The third kappa shape index (κ3) is 5.58. The van der Waals surface area contributed by atoms with Crippen LogP contribution < -0.4 is 9.46 Å². The number of ether oxygens (including phenoxy) is 1. The van der Waals surface area contributed by atoms with Crippen LogP contribution in [0, 0.1) is 0 Å². The second kappa shape index (κ2) is 8.69. The molecule has 0 amide bonds. The van der Waals surface area contributed by atoms with E-state index < -0.39 is 10.0 Å². The SMILES string of the molecule is CCCCOc1ccc(S(=O)(=O)NCc2ccccc2)cc1C(C)(C)C. The summed E-state index contributed by atoms with van der Waals surface area (Å²) in [5.41, 5.74) is 1.61. The molecule has 0 saturated heterocycles. The first kappa shape index (κ1) is 20.5. The van der Waals surface area contributed by atoms with Gasteiger partial charge in [-0.05, 0) is 35.6 Å². The van der Waals surface area contributed by atoms with E-state index in [0.29, 0.717) is 6.61 Å². The lowest BCUT2D eigenvalue weighted by molar-refractivity contribution is 0.301. The number of sulfonamides is 1. The highest BCUT2D eigenvalue weighted by Gasteiger charge is 2.23. The van der Waals surface area contributed by atoms with Crippen molar-refractivity contribution in [2.24, 2.45) is 0 Å². The molecule has 0 aromatic heterocycles. The monoisotopic (exact) mass is 375 g/mol. The van der Waals surface area contributed by atoms with Gasteiger partial charge in [0.1, 0.15) is 5.75 Å². The number of rotatable bonds is 8. The van der Waals surface area contributed by atoms with Crippen LogP contribution in [0.2, 0.25) is 0 Å². The van der Waals surface area contributed by atoms with Crippen LogP contribution >= 0.6 is 0 Å². The van der Waals surface area contributed by atoms with E-state index in [4.69, 9.17) is 4.74 Å². The van der Waals surface area contributed by atoms with Crippen LogP contribution in [0.25, 0.3) is 0 Å². The fourth-order valence-electron chi connectivity index (χ4n) is 2.57. The zero-order valence-electron chi connectivity index (χ0n) is 16.1. The Kier molecular flexibility index (Phi) is 6.84. The van der Waals surface area contributed by atoms with Gasteiger partial charge in [0.25, 0.3) is 0 Å². The van der Waals surface area contributed by atoms with Crippen molar-refractivity contribution in [3.05, 3.63) is 59.7 Å². The van der Waals surface area contributed by atoms with Gasteiger partial charge in [-0.3, -0.25) is 0 Å². The summed E-state index contributed by atoms with van der Waals surface area (Å²) in [6.07, 6.45) is 2.03. The molecule has 0 fully saturated rings. The van der Waals surface area contributed by atoms with Gasteiger partial charge >= 0.3 is 0 Å². The largest absolute Gasteiger partial charge is 0.493 e. The third-order valence-corrected chi connectivity index (χ3v) is 5.53. The lowest BCUT2D eigenvalue weighted by atomic mass is 9.86. The van der Waals surface area contributed by atoms with E-state index in [0.717, 1.165) is 29.7 Å². The summed E-state index contributed by atoms with van der Waals surface area (Å²) >= 11 is 0. The number of unbranched alkanes of at least 4 members (excludes halogenated alkanes) is 1. The van der Waals surface area contributed by atoms with Crippen LogP contribution in [-0.2, 0) is 22.0 Å². The van der Waals surface area contributed by atoms with Gasteiger partial charge in [-0.2, -0.15) is 0 Å². The van der Waals surface area contributed by atoms with Crippen molar-refractivity contribution in [3.8, 4) is 5.75 Å². The van der Waals surface area contributed by atoms with Crippen molar-refractivity contribution in [1.82, 2.24) is 4.72 Å². The fourth-order valence-corrected chi connectivity index (χ4v) is 3.62. The van der Waals surface area contributed by atoms with Gasteiger partial charge in [-0.25, -0.2) is 13.1 Å². The molecule has 0 heterocycles. The summed E-state index contributed by atoms with van der Waals surface area (Å²) in [6.45, 7) is 9.19. The highest BCUT2D eigenvalue weighted by Crippen LogP contribution is 2.33. The van der Waals surface area contributed by atoms with Crippen LogP contribution in [0.3, 0.4) is 0 Å². The number of nitrogens with one attached hydrogen (secondary N) is 1. The van der Waals surface area contributed by atoms with Crippen LogP contribution in [0.1, 0.15) is 51.7 Å². The number of hydrogen-bond donors (Lipinski definition) is 1. The van der Waals surface area contributed by atoms with Gasteiger partial charge in [0, 0.05) is 12.1 Å². The first-order chi connectivity index (χ1) is 12.2. The zero-order valence-corrected chi connectivity index (χ0v) is 16.9. The Balaban J connectivity index is 2.25. The lowest BCUT2D eigenvalue weighted by Crippen LogP contribution is -2.24. The van der Waals surface area contributed by atoms with Crippen LogP contribution in [0.5, 0.6) is 5.75 Å². The Morgan fingerprint density at radius 1 is 1.04 bits per heavy atom. The van der Waals surface area contributed by atoms with Crippen molar-refractivity contribution in [3.63, 3.8) is 0 Å². The molecule has 0 aliphatic rings. The predicted molar refractivity (Wildman–Crippen MR) is 106 cm³/mol. The van der Waals surface area contributed by atoms with E-state index in [2.05, 4.69) is 32.4 Å². The quantitative estimate of drug-likeness (QED) is 0.684. The standard InChI is InChI=1S/C21H29NO3S/c1-5-6-14-25-20-13-12-18(15-19(20)21(2,3)4)26(23,24)22-16-17-10-8-7-9-11-17/h7-13,15,22H,5-6,14,16H2,1-4H3. The molecule has 26 heavy (non-hydrogen) atoms. The molecule has 0 aliphatic carbocycles. The van der Waals surface area contributed by atoms with E-state index in [1.165, 1.54) is 0 Å². The highest BCUT2D eigenvalue weighted by molar-refractivity contribution is 7.89. The molecule has 0 aliphatic heterocycles. The van der Waals surface area contributed by atoms with E-state index in [-0.39, 0.29) is 16.9 Å². The Morgan fingerprint density at radius 3 is 2.35 bits per heavy atom. The van der Waals surface area contributed by atoms with Crippen LogP contribution in [0.4, 0.5) is 0 Å². The molecule has 4 nitrogen and oxygen atoms in total. The van der Waals surface area contributed by atoms with E-state index in [1.807, 2.05) is 30.3 Å². The minimum Gasteiger partial charge on any atom is -0.493 e. The third-order valence-electron chi connectivity index (χ3n) is 4.13. The molecule has 0 saturated carbocycles. The van der Waals surface area contributed by atoms with E-state index in [9.17, 15) is 8.42 Å². The Labute approximate surface area is 157 Å². The van der Waals surface area contributed by atoms with Gasteiger partial charge in [-0.15, -0.1) is 0 Å². The minimum atomic E-state index is -3.59. The highest BCUT2D eigenvalue weighted by atomic mass is 32.2. The van der Waals surface area contributed by atoms with Crippen molar-refractivity contribution in [2.75, 3.05) is 6.61 Å². The molecule has 2 aromatic rings. The van der Waals surface area contributed by atoms with Gasteiger partial charge in [0.2, 0.25) is 10.0 Å². The minimum absolute atomic E-state index is 0.216. The van der Waals surface area contributed by atoms with Crippen molar-refractivity contribution >= 4 is 10.0 Å². The zero-order chi connectivity index (χ0) is 19.2. The number of hydrogen-bond acceptors (Lipinski definition) is 3. The summed E-state index contributed by atoms with van der Waals surface area (Å²) in [4.78, 5) is 0.265. The maximum Gasteiger partial charge on any atom is 0.240 e. The first-order valence-electron chi connectivity index (χ1n) is 9.05. The van der Waals surface area contributed by atoms with Crippen molar-refractivity contribution in [1.29, 1.82) is 0 Å². The van der Waals surface area contributed by atoms with Gasteiger partial charge in [-0.1, -0.05) is 64.4 Å². The molecule has 0 spiro atoms. The molecule has 2 aromatic carbocycles. The maximum absolute atomic E-state index is 12.7. The van der Waals surface area contributed by atoms with Crippen molar-refractivity contribution in [2.45, 2.75) is 57.4 Å². The summed E-state index contributed by atoms with van der Waals surface area (Å²) in [5.74, 6) is 0.757. The Morgan fingerprint density at radius 2 is 1.73 bits per heavy atom. The van der Waals surface area contributed by atoms with E-state index >= 15 is 0 Å². The molecule has 142 valence electrons. The van der Waals surface area contributed by atoms with Crippen molar-refractivity contribution < 1.29 is 13.2 Å². The molecule has 5 heteroatoms. The van der Waals surface area contributed by atoms with Gasteiger partial charge < -0.3 is 4.74 Å². The molecule has 0 unspecified atom stereocenters. The average molecular weight is 376 g/mol. The number of benzene rings is 2. The summed E-state index contributed by atoms with van der Waals surface area (Å²) in [6, 6.07) is 14.6. The van der Waals surface area contributed by atoms with Gasteiger partial charge in [0.15, 0.2) is 0 Å². The fraction of sp³-hybridized carbons (Fsp3) is 0.429. The topological polar surface area (TPSA) is 55.4 Å². The predicted octanol–water partition coefficient (Wildman–Crippen LogP) is 4.64. The molecule has 2 rings (SSSR count). The normalized spacial score (nSPS) is 12.2. The smallest absolute Gasteiger partial charge is 0.240 e. The summed E-state index contributed by atoms with van der Waals surface area (Å²) < 4.78 is 34.0. The molecular formula is C21H29NO3S. The average Bonchev–Trinajstić information content (AvgIpc) is 2.60. The maximum atomic E-state index is 12.7. The van der Waals surface area contributed by atoms with Crippen LogP contribution in [-0.4, -0.2) is 15.0 Å². The molecule has 1 N–H and O–H groups in total. The van der Waals surface area contributed by atoms with Gasteiger partial charge in [0.05, 0.1) is 11.5 Å². The lowest BCUT2D eigenvalue weighted by Gasteiger charge is -2.24. The Hall–Kier alpha value is -1.85. The molecule has 0 atom stereocenters. The summed E-state index contributed by atoms with van der Waals surface area (Å²) in [7, 11) is -3.59. The molecule has 0 bridgehead atoms. The second-order valence-corrected chi connectivity index (χ2v) is 9.19. The van der Waals surface area contributed by atoms with Crippen LogP contribution in [0.15, 0.2) is 53.4 Å². The first-order valence-corrected chi connectivity index (χ1v) is 10.5. The summed E-state index contributed by atoms with van der Waals surface area (Å²) in [5, 5.41) is 0. The molecular weight excluding hydrogens is 346 g/mol.